The Morgan fingerprint density at radius 1 is 1.78 bits per heavy atom. The van der Waals surface area contributed by atoms with Crippen molar-refractivity contribution in [3.8, 4) is 0 Å². The maximum absolute atomic E-state index is 5.41. The van der Waals surface area contributed by atoms with Gasteiger partial charge in [-0.05, 0) is 12.8 Å². The molecule has 2 unspecified atom stereocenters. The van der Waals surface area contributed by atoms with E-state index in [-0.39, 0.29) is 0 Å². The molecule has 1 fully saturated rings. The average molecular weight is 124 g/mol. The normalized spacial score (nSPS) is 39.4. The molecule has 1 aliphatic carbocycles. The fraction of sp³-hybridized carbons (Fsp3) is 0.750. The third kappa shape index (κ3) is 0.715. The van der Waals surface area contributed by atoms with Crippen LogP contribution in [-0.4, -0.2) is 12.7 Å². The maximum atomic E-state index is 5.41. The maximum Gasteiger partial charge on any atom is 0.0765 e. The molecule has 2 bridgehead atoms. The van der Waals surface area contributed by atoms with Gasteiger partial charge in [-0.1, -0.05) is 18.6 Å². The summed E-state index contributed by atoms with van der Waals surface area (Å²) in [5.74, 6) is 0.792. The smallest absolute Gasteiger partial charge is 0.0765 e. The van der Waals surface area contributed by atoms with E-state index in [1.807, 2.05) is 0 Å². The van der Waals surface area contributed by atoms with Crippen LogP contribution in [-0.2, 0) is 4.74 Å². The molecule has 1 nitrogen and oxygen atoms in total. The third-order valence-electron chi connectivity index (χ3n) is 2.36. The fourth-order valence-electron chi connectivity index (χ4n) is 1.81. The molecule has 1 heteroatoms. The second kappa shape index (κ2) is 1.84. The summed E-state index contributed by atoms with van der Waals surface area (Å²) in [5.41, 5.74) is 1.63. The first-order valence-corrected chi connectivity index (χ1v) is 3.72. The summed E-state index contributed by atoms with van der Waals surface area (Å²) < 4.78 is 5.41. The van der Waals surface area contributed by atoms with Crippen molar-refractivity contribution < 1.29 is 4.74 Å². The van der Waals surface area contributed by atoms with Gasteiger partial charge < -0.3 is 4.74 Å². The van der Waals surface area contributed by atoms with E-state index in [2.05, 4.69) is 13.0 Å². The highest BCUT2D eigenvalue weighted by atomic mass is 16.5. The lowest BCUT2D eigenvalue weighted by Gasteiger charge is -2.10. The lowest BCUT2D eigenvalue weighted by molar-refractivity contribution is 0.132. The Morgan fingerprint density at radius 3 is 3.00 bits per heavy atom. The van der Waals surface area contributed by atoms with Gasteiger partial charge in [-0.2, -0.15) is 0 Å². The minimum Gasteiger partial charge on any atom is -0.373 e. The molecule has 0 aromatic rings. The van der Waals surface area contributed by atoms with Crippen LogP contribution in [0, 0.1) is 5.92 Å². The van der Waals surface area contributed by atoms with Crippen molar-refractivity contribution >= 4 is 0 Å². The molecule has 0 amide bonds. The van der Waals surface area contributed by atoms with Crippen molar-refractivity contribution in [2.45, 2.75) is 25.9 Å². The van der Waals surface area contributed by atoms with E-state index in [0.717, 1.165) is 12.5 Å². The van der Waals surface area contributed by atoms with Crippen LogP contribution < -0.4 is 0 Å². The van der Waals surface area contributed by atoms with Crippen molar-refractivity contribution in [3.63, 3.8) is 0 Å². The van der Waals surface area contributed by atoms with Crippen LogP contribution in [0.3, 0.4) is 0 Å². The van der Waals surface area contributed by atoms with Crippen LogP contribution in [0.2, 0.25) is 0 Å². The first-order valence-electron chi connectivity index (χ1n) is 3.72. The van der Waals surface area contributed by atoms with Gasteiger partial charge in [0, 0.05) is 5.92 Å². The summed E-state index contributed by atoms with van der Waals surface area (Å²) in [4.78, 5) is 0. The summed E-state index contributed by atoms with van der Waals surface area (Å²) >= 11 is 0. The Hall–Kier alpha value is -0.300. The standard InChI is InChI=1S/C8H12O/c1-2-6-3-8-4-7(6)5-9-8/h3,7-8H,2,4-5H2,1H3. The molecule has 1 saturated heterocycles. The van der Waals surface area contributed by atoms with E-state index in [4.69, 9.17) is 4.74 Å². The van der Waals surface area contributed by atoms with Crippen LogP contribution >= 0.6 is 0 Å². The zero-order valence-corrected chi connectivity index (χ0v) is 5.76. The van der Waals surface area contributed by atoms with Gasteiger partial charge >= 0.3 is 0 Å². The van der Waals surface area contributed by atoms with Gasteiger partial charge in [0.2, 0.25) is 0 Å². The molecule has 50 valence electrons. The number of hydrogen-bond acceptors (Lipinski definition) is 1. The molecule has 0 saturated carbocycles. The molecule has 0 aromatic carbocycles. The van der Waals surface area contributed by atoms with E-state index in [1.54, 1.807) is 5.57 Å². The molecule has 2 aliphatic rings. The lowest BCUT2D eigenvalue weighted by Crippen LogP contribution is -2.05. The van der Waals surface area contributed by atoms with E-state index in [1.165, 1.54) is 12.8 Å². The van der Waals surface area contributed by atoms with Gasteiger partial charge in [-0.3, -0.25) is 0 Å². The summed E-state index contributed by atoms with van der Waals surface area (Å²) in [6.45, 7) is 3.22. The van der Waals surface area contributed by atoms with Crippen LogP contribution in [0.5, 0.6) is 0 Å². The highest BCUT2D eigenvalue weighted by molar-refractivity contribution is 5.19. The zero-order chi connectivity index (χ0) is 6.27. The molecule has 2 rings (SSSR count). The molecule has 1 aliphatic heterocycles. The Balaban J connectivity index is 2.18. The summed E-state index contributed by atoms with van der Waals surface area (Å²) in [6, 6.07) is 0. The van der Waals surface area contributed by atoms with Gasteiger partial charge in [0.1, 0.15) is 0 Å². The largest absolute Gasteiger partial charge is 0.373 e. The second-order valence-corrected chi connectivity index (χ2v) is 2.90. The fourth-order valence-corrected chi connectivity index (χ4v) is 1.81. The van der Waals surface area contributed by atoms with Gasteiger partial charge in [0.15, 0.2) is 0 Å². The minimum atomic E-state index is 0.491. The Labute approximate surface area is 55.7 Å². The van der Waals surface area contributed by atoms with Crippen LogP contribution in [0.15, 0.2) is 11.6 Å². The number of fused-ring (bicyclic) bond motifs is 2. The molecule has 9 heavy (non-hydrogen) atoms. The monoisotopic (exact) mass is 124 g/mol. The van der Waals surface area contributed by atoms with E-state index >= 15 is 0 Å². The highest BCUT2D eigenvalue weighted by Crippen LogP contribution is 2.35. The average Bonchev–Trinajstić information content (AvgIpc) is 2.45. The Bertz CT molecular complexity index is 149. The molecular weight excluding hydrogens is 112 g/mol. The van der Waals surface area contributed by atoms with E-state index in [0.29, 0.717) is 6.10 Å². The van der Waals surface area contributed by atoms with Gasteiger partial charge in [0.25, 0.3) is 0 Å². The third-order valence-corrected chi connectivity index (χ3v) is 2.36. The van der Waals surface area contributed by atoms with Crippen molar-refractivity contribution in [1.29, 1.82) is 0 Å². The number of ether oxygens (including phenoxy) is 1. The van der Waals surface area contributed by atoms with Crippen LogP contribution in [0.4, 0.5) is 0 Å². The van der Waals surface area contributed by atoms with Gasteiger partial charge in [-0.15, -0.1) is 0 Å². The molecule has 0 N–H and O–H groups in total. The summed E-state index contributed by atoms with van der Waals surface area (Å²) in [7, 11) is 0. The molecule has 0 spiro atoms. The number of hydrogen-bond donors (Lipinski definition) is 0. The molecule has 1 heterocycles. The van der Waals surface area contributed by atoms with Crippen molar-refractivity contribution in [2.24, 2.45) is 5.92 Å². The van der Waals surface area contributed by atoms with E-state index < -0.39 is 0 Å². The Morgan fingerprint density at radius 2 is 2.67 bits per heavy atom. The predicted molar refractivity (Wildman–Crippen MR) is 36.2 cm³/mol. The summed E-state index contributed by atoms with van der Waals surface area (Å²) in [5, 5.41) is 0. The first-order chi connectivity index (χ1) is 4.40. The lowest BCUT2D eigenvalue weighted by atomic mass is 10.0. The summed E-state index contributed by atoms with van der Waals surface area (Å²) in [6.07, 6.45) is 5.28. The predicted octanol–water partition coefficient (Wildman–Crippen LogP) is 1.74. The molecule has 2 atom stereocenters. The first kappa shape index (κ1) is 5.48. The zero-order valence-electron chi connectivity index (χ0n) is 5.76. The molecule has 0 radical (unpaired) electrons. The SMILES string of the molecule is CCC1=CC2CC1CO2. The van der Waals surface area contributed by atoms with E-state index in [9.17, 15) is 0 Å². The van der Waals surface area contributed by atoms with Crippen molar-refractivity contribution in [1.82, 2.24) is 0 Å². The van der Waals surface area contributed by atoms with Crippen LogP contribution in [0.1, 0.15) is 19.8 Å². The highest BCUT2D eigenvalue weighted by Gasteiger charge is 2.32. The number of rotatable bonds is 1. The Kier molecular flexibility index (Phi) is 1.12. The molecular formula is C8H12O. The van der Waals surface area contributed by atoms with Crippen molar-refractivity contribution in [2.75, 3.05) is 6.61 Å². The van der Waals surface area contributed by atoms with Gasteiger partial charge in [-0.25, -0.2) is 0 Å². The van der Waals surface area contributed by atoms with Crippen molar-refractivity contribution in [3.05, 3.63) is 11.6 Å². The molecule has 0 aromatic heterocycles. The minimum absolute atomic E-state index is 0.491. The second-order valence-electron chi connectivity index (χ2n) is 2.90. The topological polar surface area (TPSA) is 9.23 Å². The van der Waals surface area contributed by atoms with Gasteiger partial charge in [0.05, 0.1) is 12.7 Å². The quantitative estimate of drug-likeness (QED) is 0.484. The van der Waals surface area contributed by atoms with Crippen LogP contribution in [0.25, 0.3) is 0 Å².